The van der Waals surface area contributed by atoms with Gasteiger partial charge in [0.25, 0.3) is 0 Å². The molecule has 16 heavy (non-hydrogen) atoms. The van der Waals surface area contributed by atoms with Crippen molar-refractivity contribution in [3.8, 4) is 11.3 Å². The lowest BCUT2D eigenvalue weighted by Gasteiger charge is -2.03. The monoisotopic (exact) mass is 226 g/mol. The average molecular weight is 226 g/mol. The van der Waals surface area contributed by atoms with Crippen LogP contribution < -0.4 is 0 Å². The second kappa shape index (κ2) is 3.66. The third kappa shape index (κ3) is 1.80. The SMILES string of the molecule is Cc1c(C(F)(F)F)n[nH]c1-c1ccccc1. The maximum Gasteiger partial charge on any atom is 0.435 e. The summed E-state index contributed by atoms with van der Waals surface area (Å²) in [5.41, 5.74) is 0.376. The molecule has 0 bridgehead atoms. The van der Waals surface area contributed by atoms with Gasteiger partial charge in [-0.3, -0.25) is 5.10 Å². The molecular weight excluding hydrogens is 217 g/mol. The fourth-order valence-electron chi connectivity index (χ4n) is 1.56. The van der Waals surface area contributed by atoms with Crippen LogP contribution in [0.4, 0.5) is 13.2 Å². The maximum atomic E-state index is 12.5. The second-order valence-electron chi connectivity index (χ2n) is 3.44. The van der Waals surface area contributed by atoms with E-state index in [0.29, 0.717) is 11.3 Å². The number of nitrogens with zero attached hydrogens (tertiary/aromatic N) is 1. The van der Waals surface area contributed by atoms with Crippen molar-refractivity contribution >= 4 is 0 Å². The molecule has 0 saturated heterocycles. The van der Waals surface area contributed by atoms with Crippen molar-refractivity contribution in [1.29, 1.82) is 0 Å². The highest BCUT2D eigenvalue weighted by atomic mass is 19.4. The molecule has 2 nitrogen and oxygen atoms in total. The van der Waals surface area contributed by atoms with Gasteiger partial charge in [0.05, 0.1) is 5.69 Å². The molecule has 0 unspecified atom stereocenters. The van der Waals surface area contributed by atoms with Crippen molar-refractivity contribution in [2.75, 3.05) is 0 Å². The van der Waals surface area contributed by atoms with Gasteiger partial charge >= 0.3 is 6.18 Å². The maximum absolute atomic E-state index is 12.5. The van der Waals surface area contributed by atoms with Gasteiger partial charge in [0.1, 0.15) is 0 Å². The van der Waals surface area contributed by atoms with E-state index in [1.165, 1.54) is 6.92 Å². The van der Waals surface area contributed by atoms with Crippen molar-refractivity contribution in [2.24, 2.45) is 0 Å². The van der Waals surface area contributed by atoms with Crippen molar-refractivity contribution < 1.29 is 13.2 Å². The zero-order chi connectivity index (χ0) is 11.8. The molecule has 0 aliphatic heterocycles. The lowest BCUT2D eigenvalue weighted by molar-refractivity contribution is -0.141. The summed E-state index contributed by atoms with van der Waals surface area (Å²) >= 11 is 0. The second-order valence-corrected chi connectivity index (χ2v) is 3.44. The summed E-state index contributed by atoms with van der Waals surface area (Å²) in [4.78, 5) is 0. The van der Waals surface area contributed by atoms with E-state index in [4.69, 9.17) is 0 Å². The summed E-state index contributed by atoms with van der Waals surface area (Å²) in [6.07, 6.45) is -4.41. The molecule has 84 valence electrons. The highest BCUT2D eigenvalue weighted by Crippen LogP contribution is 2.34. The number of nitrogens with one attached hydrogen (secondary N) is 1. The summed E-state index contributed by atoms with van der Waals surface area (Å²) in [6, 6.07) is 8.81. The van der Waals surface area contributed by atoms with E-state index in [0.717, 1.165) is 0 Å². The predicted molar refractivity (Wildman–Crippen MR) is 53.8 cm³/mol. The summed E-state index contributed by atoms with van der Waals surface area (Å²) in [5.74, 6) is 0. The lowest BCUT2D eigenvalue weighted by Crippen LogP contribution is -2.07. The molecule has 0 fully saturated rings. The molecule has 1 aromatic carbocycles. The first-order valence-corrected chi connectivity index (χ1v) is 4.67. The van der Waals surface area contributed by atoms with Crippen LogP contribution in [-0.4, -0.2) is 10.2 Å². The van der Waals surface area contributed by atoms with E-state index >= 15 is 0 Å². The first kappa shape index (κ1) is 10.7. The average Bonchev–Trinajstić information content (AvgIpc) is 2.61. The van der Waals surface area contributed by atoms with Crippen LogP contribution >= 0.6 is 0 Å². The smallest absolute Gasteiger partial charge is 0.277 e. The molecule has 0 amide bonds. The van der Waals surface area contributed by atoms with Gasteiger partial charge < -0.3 is 0 Å². The first-order valence-electron chi connectivity index (χ1n) is 4.67. The van der Waals surface area contributed by atoms with E-state index in [-0.39, 0.29) is 5.56 Å². The molecule has 0 aliphatic rings. The third-order valence-electron chi connectivity index (χ3n) is 2.34. The molecule has 1 aromatic heterocycles. The Morgan fingerprint density at radius 3 is 2.25 bits per heavy atom. The summed E-state index contributed by atoms with van der Waals surface area (Å²) in [5, 5.41) is 5.74. The Kier molecular flexibility index (Phi) is 2.46. The molecule has 0 atom stereocenters. The number of hydrogen-bond acceptors (Lipinski definition) is 1. The van der Waals surface area contributed by atoms with Crippen LogP contribution in [0.3, 0.4) is 0 Å². The Balaban J connectivity index is 2.50. The molecule has 0 aliphatic carbocycles. The minimum Gasteiger partial charge on any atom is -0.277 e. The number of H-pyrrole nitrogens is 1. The molecule has 0 saturated carbocycles. The van der Waals surface area contributed by atoms with Crippen LogP contribution in [0, 0.1) is 6.92 Å². The number of aromatic amines is 1. The molecule has 5 heteroatoms. The Morgan fingerprint density at radius 2 is 1.75 bits per heavy atom. The molecule has 2 aromatic rings. The van der Waals surface area contributed by atoms with E-state index in [9.17, 15) is 13.2 Å². The van der Waals surface area contributed by atoms with E-state index in [1.54, 1.807) is 30.3 Å². The van der Waals surface area contributed by atoms with Gasteiger partial charge in [0.15, 0.2) is 5.69 Å². The normalized spacial score (nSPS) is 11.8. The number of rotatable bonds is 1. The Morgan fingerprint density at radius 1 is 1.12 bits per heavy atom. The van der Waals surface area contributed by atoms with Crippen LogP contribution in [-0.2, 0) is 6.18 Å². The van der Waals surface area contributed by atoms with Crippen molar-refractivity contribution in [3.05, 3.63) is 41.6 Å². The van der Waals surface area contributed by atoms with Crippen molar-refractivity contribution in [2.45, 2.75) is 13.1 Å². The van der Waals surface area contributed by atoms with Crippen molar-refractivity contribution in [1.82, 2.24) is 10.2 Å². The van der Waals surface area contributed by atoms with Crippen LogP contribution in [0.15, 0.2) is 30.3 Å². The fourth-order valence-corrected chi connectivity index (χ4v) is 1.56. The van der Waals surface area contributed by atoms with Crippen LogP contribution in [0.1, 0.15) is 11.3 Å². The van der Waals surface area contributed by atoms with E-state index < -0.39 is 11.9 Å². The largest absolute Gasteiger partial charge is 0.435 e. The minimum atomic E-state index is -4.41. The quantitative estimate of drug-likeness (QED) is 0.793. The van der Waals surface area contributed by atoms with Crippen molar-refractivity contribution in [3.63, 3.8) is 0 Å². The molecular formula is C11H9F3N2. The standard InChI is InChI=1S/C11H9F3N2/c1-7-9(8-5-3-2-4-6-8)15-16-10(7)11(12,13)14/h2-6H,1H3,(H,15,16). The predicted octanol–water partition coefficient (Wildman–Crippen LogP) is 3.40. The Hall–Kier alpha value is -1.78. The molecule has 1 heterocycles. The van der Waals surface area contributed by atoms with Gasteiger partial charge in [0.2, 0.25) is 0 Å². The highest BCUT2D eigenvalue weighted by Gasteiger charge is 2.36. The molecule has 0 radical (unpaired) electrons. The summed E-state index contributed by atoms with van der Waals surface area (Å²) < 4.78 is 37.5. The van der Waals surface area contributed by atoms with Gasteiger partial charge in [0, 0.05) is 5.56 Å². The topological polar surface area (TPSA) is 28.7 Å². The van der Waals surface area contributed by atoms with Gasteiger partial charge in [-0.15, -0.1) is 0 Å². The number of hydrogen-bond donors (Lipinski definition) is 1. The number of benzene rings is 1. The highest BCUT2D eigenvalue weighted by molar-refractivity contribution is 5.63. The Bertz CT molecular complexity index is 486. The van der Waals surface area contributed by atoms with Gasteiger partial charge in [-0.05, 0) is 12.5 Å². The molecule has 2 rings (SSSR count). The number of alkyl halides is 3. The number of halogens is 3. The molecule has 0 spiro atoms. The zero-order valence-electron chi connectivity index (χ0n) is 8.47. The van der Waals surface area contributed by atoms with Crippen LogP contribution in [0.25, 0.3) is 11.3 Å². The molecule has 1 N–H and O–H groups in total. The third-order valence-corrected chi connectivity index (χ3v) is 2.34. The summed E-state index contributed by atoms with van der Waals surface area (Å²) in [7, 11) is 0. The van der Waals surface area contributed by atoms with E-state index in [2.05, 4.69) is 10.2 Å². The fraction of sp³-hybridized carbons (Fsp3) is 0.182. The number of aromatic nitrogens is 2. The van der Waals surface area contributed by atoms with Gasteiger partial charge in [-0.2, -0.15) is 18.3 Å². The van der Waals surface area contributed by atoms with Crippen LogP contribution in [0.5, 0.6) is 0 Å². The van der Waals surface area contributed by atoms with Crippen LogP contribution in [0.2, 0.25) is 0 Å². The lowest BCUT2D eigenvalue weighted by atomic mass is 10.1. The first-order chi connectivity index (χ1) is 7.50. The minimum absolute atomic E-state index is 0.124. The Labute approximate surface area is 90.1 Å². The van der Waals surface area contributed by atoms with E-state index in [1.807, 2.05) is 0 Å². The van der Waals surface area contributed by atoms with Gasteiger partial charge in [-0.25, -0.2) is 0 Å². The summed E-state index contributed by atoms with van der Waals surface area (Å²) in [6.45, 7) is 1.41. The zero-order valence-corrected chi connectivity index (χ0v) is 8.47. The van der Waals surface area contributed by atoms with Gasteiger partial charge in [-0.1, -0.05) is 30.3 Å².